The summed E-state index contributed by atoms with van der Waals surface area (Å²) < 4.78 is 5.00. The Hall–Kier alpha value is -2.82. The lowest BCUT2D eigenvalue weighted by molar-refractivity contribution is -0.115. The van der Waals surface area contributed by atoms with Crippen molar-refractivity contribution in [2.75, 3.05) is 23.8 Å². The maximum Gasteiger partial charge on any atom is 0.340 e. The molecule has 2 aromatic carbocycles. The fourth-order valence-electron chi connectivity index (χ4n) is 2.27. The average Bonchev–Trinajstić information content (AvgIpc) is 2.57. The molecule has 0 unspecified atom stereocenters. The van der Waals surface area contributed by atoms with Crippen LogP contribution >= 0.6 is 0 Å². The van der Waals surface area contributed by atoms with E-state index in [0.29, 0.717) is 30.8 Å². The maximum atomic E-state index is 12.1. The number of nitrogens with one attached hydrogen (secondary N) is 2. The minimum atomic E-state index is -0.438. The molecule has 0 saturated carbocycles. The molecule has 0 aliphatic heterocycles. The molecule has 5 nitrogen and oxygen atoms in total. The molecule has 1 amide bonds. The van der Waals surface area contributed by atoms with Gasteiger partial charge in [0.15, 0.2) is 0 Å². The number of ether oxygens (including phenoxy) is 1. The van der Waals surface area contributed by atoms with Crippen LogP contribution in [0.2, 0.25) is 0 Å². The van der Waals surface area contributed by atoms with Gasteiger partial charge >= 0.3 is 5.97 Å². The summed E-state index contributed by atoms with van der Waals surface area (Å²) in [5.41, 5.74) is 2.97. The van der Waals surface area contributed by atoms with Crippen LogP contribution < -0.4 is 10.6 Å². The quantitative estimate of drug-likeness (QED) is 0.763. The molecule has 126 valence electrons. The first-order valence-electron chi connectivity index (χ1n) is 7.97. The number of hydrogen-bond donors (Lipinski definition) is 2. The zero-order chi connectivity index (χ0) is 17.4. The fraction of sp³-hybridized carbons (Fsp3) is 0.263. The van der Waals surface area contributed by atoms with Gasteiger partial charge in [-0.15, -0.1) is 0 Å². The van der Waals surface area contributed by atoms with Crippen molar-refractivity contribution in [1.82, 2.24) is 0 Å². The highest BCUT2D eigenvalue weighted by Gasteiger charge is 2.13. The Bertz CT molecular complexity index is 713. The Morgan fingerprint density at radius 3 is 2.38 bits per heavy atom. The zero-order valence-electron chi connectivity index (χ0n) is 14.0. The number of carbonyl (C=O) groups excluding carboxylic acids is 2. The van der Waals surface area contributed by atoms with Gasteiger partial charge in [0.05, 0.1) is 17.9 Å². The molecule has 0 bridgehead atoms. The number of para-hydroxylation sites is 2. The van der Waals surface area contributed by atoms with E-state index in [1.54, 1.807) is 31.2 Å². The van der Waals surface area contributed by atoms with Gasteiger partial charge in [-0.3, -0.25) is 4.79 Å². The zero-order valence-corrected chi connectivity index (χ0v) is 14.0. The Kier molecular flexibility index (Phi) is 6.37. The van der Waals surface area contributed by atoms with Crippen LogP contribution in [0.15, 0.2) is 48.5 Å². The van der Waals surface area contributed by atoms with Crippen molar-refractivity contribution in [2.24, 2.45) is 0 Å². The van der Waals surface area contributed by atoms with Gasteiger partial charge in [0.1, 0.15) is 0 Å². The van der Waals surface area contributed by atoms with Gasteiger partial charge in [0, 0.05) is 18.7 Å². The van der Waals surface area contributed by atoms with Gasteiger partial charge < -0.3 is 15.4 Å². The normalized spacial score (nSPS) is 10.1. The summed E-state index contributed by atoms with van der Waals surface area (Å²) in [7, 11) is 0. The van der Waals surface area contributed by atoms with E-state index < -0.39 is 5.97 Å². The fourth-order valence-corrected chi connectivity index (χ4v) is 2.27. The minimum Gasteiger partial charge on any atom is -0.462 e. The van der Waals surface area contributed by atoms with Gasteiger partial charge in [-0.25, -0.2) is 4.79 Å². The number of benzene rings is 2. The first kappa shape index (κ1) is 17.5. The molecule has 0 saturated heterocycles. The maximum absolute atomic E-state index is 12.1. The van der Waals surface area contributed by atoms with E-state index in [9.17, 15) is 9.59 Å². The second-order valence-corrected chi connectivity index (χ2v) is 5.31. The molecule has 0 aliphatic carbocycles. The molecular weight excluding hydrogens is 304 g/mol. The smallest absolute Gasteiger partial charge is 0.340 e. The van der Waals surface area contributed by atoms with Crippen LogP contribution in [0, 0.1) is 6.92 Å². The van der Waals surface area contributed by atoms with Crippen molar-refractivity contribution in [3.05, 3.63) is 59.7 Å². The first-order valence-corrected chi connectivity index (χ1v) is 7.97. The lowest BCUT2D eigenvalue weighted by Gasteiger charge is -2.11. The van der Waals surface area contributed by atoms with E-state index in [1.807, 2.05) is 31.2 Å². The van der Waals surface area contributed by atoms with Crippen LogP contribution in [0.1, 0.15) is 29.3 Å². The van der Waals surface area contributed by atoms with Gasteiger partial charge in [-0.1, -0.05) is 30.3 Å². The molecule has 0 fully saturated rings. The molecule has 0 spiro atoms. The largest absolute Gasteiger partial charge is 0.462 e. The van der Waals surface area contributed by atoms with Gasteiger partial charge in [0.25, 0.3) is 0 Å². The molecule has 0 aliphatic rings. The molecule has 2 N–H and O–H groups in total. The summed E-state index contributed by atoms with van der Waals surface area (Å²) in [5.74, 6) is -0.598. The van der Waals surface area contributed by atoms with Crippen LogP contribution in [0.4, 0.5) is 11.4 Å². The van der Waals surface area contributed by atoms with E-state index >= 15 is 0 Å². The average molecular weight is 326 g/mol. The van der Waals surface area contributed by atoms with Crippen LogP contribution in [-0.2, 0) is 9.53 Å². The third kappa shape index (κ3) is 4.84. The van der Waals surface area contributed by atoms with E-state index in [2.05, 4.69) is 10.6 Å². The Balaban J connectivity index is 1.91. The van der Waals surface area contributed by atoms with Crippen molar-refractivity contribution >= 4 is 23.3 Å². The minimum absolute atomic E-state index is 0.159. The van der Waals surface area contributed by atoms with Crippen molar-refractivity contribution in [3.63, 3.8) is 0 Å². The van der Waals surface area contributed by atoms with Crippen LogP contribution in [0.5, 0.6) is 0 Å². The van der Waals surface area contributed by atoms with E-state index in [-0.39, 0.29) is 5.91 Å². The molecule has 0 heterocycles. The molecule has 24 heavy (non-hydrogen) atoms. The monoisotopic (exact) mass is 326 g/mol. The molecule has 0 aromatic heterocycles. The third-order valence-corrected chi connectivity index (χ3v) is 3.51. The second-order valence-electron chi connectivity index (χ2n) is 5.31. The van der Waals surface area contributed by atoms with E-state index in [4.69, 9.17) is 4.74 Å². The number of hydrogen-bond acceptors (Lipinski definition) is 4. The molecule has 2 aromatic rings. The topological polar surface area (TPSA) is 67.4 Å². The summed E-state index contributed by atoms with van der Waals surface area (Å²) in [5, 5.41) is 6.01. The van der Waals surface area contributed by atoms with Crippen LogP contribution in [0.3, 0.4) is 0 Å². The van der Waals surface area contributed by atoms with E-state index in [1.165, 1.54) is 0 Å². The molecule has 0 atom stereocenters. The highest BCUT2D eigenvalue weighted by atomic mass is 16.5. The lowest BCUT2D eigenvalue weighted by atomic mass is 10.1. The Morgan fingerprint density at radius 2 is 1.67 bits per heavy atom. The third-order valence-electron chi connectivity index (χ3n) is 3.51. The standard InChI is InChI=1S/C19H22N2O3/c1-3-24-19(23)15-9-5-7-11-17(15)21-18(22)12-13-20-16-10-6-4-8-14(16)2/h4-11,20H,3,12-13H2,1-2H3,(H,21,22). The van der Waals surface area contributed by atoms with Crippen LogP contribution in [0.25, 0.3) is 0 Å². The summed E-state index contributed by atoms with van der Waals surface area (Å²) in [6.45, 7) is 4.56. The summed E-state index contributed by atoms with van der Waals surface area (Å²) in [6, 6.07) is 14.7. The predicted molar refractivity (Wildman–Crippen MR) is 95.3 cm³/mol. The Morgan fingerprint density at radius 1 is 1.00 bits per heavy atom. The highest BCUT2D eigenvalue weighted by molar-refractivity contribution is 6.01. The van der Waals surface area contributed by atoms with Gasteiger partial charge in [0.2, 0.25) is 5.91 Å². The molecule has 5 heteroatoms. The van der Waals surface area contributed by atoms with Crippen LogP contribution in [-0.4, -0.2) is 25.0 Å². The van der Waals surface area contributed by atoms with Crippen molar-refractivity contribution in [2.45, 2.75) is 20.3 Å². The first-order chi connectivity index (χ1) is 11.6. The summed E-state index contributed by atoms with van der Waals surface area (Å²) in [4.78, 5) is 24.0. The SMILES string of the molecule is CCOC(=O)c1ccccc1NC(=O)CCNc1ccccc1C. The van der Waals surface area contributed by atoms with Gasteiger partial charge in [-0.2, -0.15) is 0 Å². The lowest BCUT2D eigenvalue weighted by Crippen LogP contribution is -2.18. The van der Waals surface area contributed by atoms with E-state index in [0.717, 1.165) is 11.3 Å². The van der Waals surface area contributed by atoms with Crippen molar-refractivity contribution in [3.8, 4) is 0 Å². The van der Waals surface area contributed by atoms with Crippen molar-refractivity contribution in [1.29, 1.82) is 0 Å². The predicted octanol–water partition coefficient (Wildman–Crippen LogP) is 3.61. The summed E-state index contributed by atoms with van der Waals surface area (Å²) >= 11 is 0. The second kappa shape index (κ2) is 8.72. The highest BCUT2D eigenvalue weighted by Crippen LogP contribution is 2.17. The van der Waals surface area contributed by atoms with Crippen molar-refractivity contribution < 1.29 is 14.3 Å². The summed E-state index contributed by atoms with van der Waals surface area (Å²) in [6.07, 6.45) is 0.297. The number of esters is 1. The number of carbonyl (C=O) groups is 2. The molecular formula is C19H22N2O3. The number of anilines is 2. The molecule has 2 rings (SSSR count). The molecule has 0 radical (unpaired) electrons. The number of rotatable bonds is 7. The van der Waals surface area contributed by atoms with Gasteiger partial charge in [-0.05, 0) is 37.6 Å². The Labute approximate surface area is 142 Å². The number of aryl methyl sites for hydroxylation is 1. The number of amides is 1.